The predicted molar refractivity (Wildman–Crippen MR) is 118 cm³/mol. The Balaban J connectivity index is 2.00. The van der Waals surface area contributed by atoms with Crippen LogP contribution in [0.5, 0.6) is 0 Å². The number of aromatic nitrogens is 2. The molecule has 0 unspecified atom stereocenters. The zero-order chi connectivity index (χ0) is 20.1. The second-order valence-electron chi connectivity index (χ2n) is 6.22. The van der Waals surface area contributed by atoms with Gasteiger partial charge in [-0.25, -0.2) is 0 Å². The normalized spacial score (nSPS) is 11.9. The molecule has 0 saturated carbocycles. The maximum atomic E-state index is 14.7. The molecular weight excluding hydrogens is 399 g/mol. The molecule has 0 N–H and O–H groups in total. The van der Waals surface area contributed by atoms with Crippen LogP contribution in [0.15, 0.2) is 103 Å². The van der Waals surface area contributed by atoms with Crippen LogP contribution in [-0.4, -0.2) is 15.8 Å². The van der Waals surface area contributed by atoms with Crippen molar-refractivity contribution >= 4 is 40.4 Å². The van der Waals surface area contributed by atoms with Crippen LogP contribution in [-0.2, 0) is 4.57 Å². The molecule has 0 bridgehead atoms. The molecule has 0 aliphatic heterocycles. The smallest absolute Gasteiger partial charge is 0.206 e. The molecule has 4 aromatic rings. The summed E-state index contributed by atoms with van der Waals surface area (Å²) in [5, 5.41) is 2.27. The van der Waals surface area contributed by atoms with Gasteiger partial charge in [-0.05, 0) is 47.4 Å². The van der Waals surface area contributed by atoms with E-state index < -0.39 is 7.14 Å². The van der Waals surface area contributed by atoms with E-state index in [1.165, 1.54) is 17.4 Å². The summed E-state index contributed by atoms with van der Waals surface area (Å²) in [6.07, 6.45) is 4.69. The molecule has 29 heavy (non-hydrogen) atoms. The average Bonchev–Trinajstić information content (AvgIpc) is 3.34. The fourth-order valence-electron chi connectivity index (χ4n) is 3.02. The Labute approximate surface area is 173 Å². The predicted octanol–water partition coefficient (Wildman–Crippen LogP) is 4.78. The fraction of sp³-hybridized carbons (Fsp3) is 0. The molecule has 3 aromatic heterocycles. The molecule has 0 fully saturated rings. The lowest BCUT2D eigenvalue weighted by Gasteiger charge is -2.21. The topological polar surface area (TPSA) is 59.9 Å². The number of rotatable bonds is 6. The van der Waals surface area contributed by atoms with Crippen LogP contribution in [0.3, 0.4) is 0 Å². The Bertz CT molecular complexity index is 1130. The van der Waals surface area contributed by atoms with Crippen molar-refractivity contribution in [2.75, 3.05) is 0 Å². The lowest BCUT2D eigenvalue weighted by molar-refractivity contribution is 0.105. The van der Waals surface area contributed by atoms with Crippen molar-refractivity contribution in [1.82, 2.24) is 9.97 Å². The molecule has 1 aromatic carbocycles. The third kappa shape index (κ3) is 3.88. The van der Waals surface area contributed by atoms with Crippen molar-refractivity contribution in [2.24, 2.45) is 0 Å². The molecular formula is C23H17N2O2PS. The highest BCUT2D eigenvalue weighted by molar-refractivity contribution is 7.87. The largest absolute Gasteiger partial charge is 0.305 e. The number of allylic oxidation sites excluding steroid dienone is 1. The van der Waals surface area contributed by atoms with Crippen LogP contribution >= 0.6 is 18.5 Å². The van der Waals surface area contributed by atoms with Gasteiger partial charge in [0.25, 0.3) is 0 Å². The molecule has 0 radical (unpaired) electrons. The molecule has 0 saturated heterocycles. The number of carbonyl (C=O) groups excluding carboxylic acids is 1. The van der Waals surface area contributed by atoms with E-state index in [9.17, 15) is 9.36 Å². The van der Waals surface area contributed by atoms with Gasteiger partial charge < -0.3 is 4.57 Å². The molecule has 0 atom stereocenters. The summed E-state index contributed by atoms with van der Waals surface area (Å²) in [5.74, 6) is -0.189. The molecule has 0 aliphatic rings. The number of benzene rings is 1. The zero-order valence-corrected chi connectivity index (χ0v) is 17.1. The Morgan fingerprint density at radius 3 is 1.93 bits per heavy atom. The number of ketones is 1. The molecule has 4 rings (SSSR count). The second kappa shape index (κ2) is 8.48. The summed E-state index contributed by atoms with van der Waals surface area (Å²) < 4.78 is 14.7. The van der Waals surface area contributed by atoms with Crippen LogP contribution in [0.2, 0.25) is 0 Å². The van der Waals surface area contributed by atoms with Gasteiger partial charge in [0.15, 0.2) is 5.78 Å². The first kappa shape index (κ1) is 19.2. The van der Waals surface area contributed by atoms with Gasteiger partial charge in [0.05, 0.1) is 4.88 Å². The van der Waals surface area contributed by atoms with Gasteiger partial charge in [0.1, 0.15) is 10.9 Å². The monoisotopic (exact) mass is 416 g/mol. The van der Waals surface area contributed by atoms with Gasteiger partial charge in [0.2, 0.25) is 7.14 Å². The van der Waals surface area contributed by atoms with Crippen LogP contribution in [0, 0.1) is 0 Å². The van der Waals surface area contributed by atoms with Gasteiger partial charge in [-0.15, -0.1) is 11.3 Å². The van der Waals surface area contributed by atoms with E-state index in [0.29, 0.717) is 26.6 Å². The van der Waals surface area contributed by atoms with E-state index in [-0.39, 0.29) is 5.78 Å². The first-order valence-electron chi connectivity index (χ1n) is 8.98. The van der Waals surface area contributed by atoms with Gasteiger partial charge >= 0.3 is 0 Å². The number of carbonyl (C=O) groups is 1. The van der Waals surface area contributed by atoms with Gasteiger partial charge in [0, 0.05) is 17.7 Å². The molecule has 4 nitrogen and oxygen atoms in total. The van der Waals surface area contributed by atoms with E-state index in [0.717, 1.165) is 0 Å². The summed E-state index contributed by atoms with van der Waals surface area (Å²) in [6.45, 7) is 0. The Hall–Kier alpha value is -3.14. The van der Waals surface area contributed by atoms with Crippen molar-refractivity contribution in [3.63, 3.8) is 0 Å². The molecule has 6 heteroatoms. The van der Waals surface area contributed by atoms with E-state index in [1.807, 2.05) is 41.8 Å². The Kier molecular flexibility index (Phi) is 5.61. The lowest BCUT2D eigenvalue weighted by atomic mass is 10.2. The second-order valence-corrected chi connectivity index (χ2v) is 9.79. The molecule has 0 aliphatic carbocycles. The maximum absolute atomic E-state index is 14.7. The highest BCUT2D eigenvalue weighted by Crippen LogP contribution is 2.55. The van der Waals surface area contributed by atoms with Crippen molar-refractivity contribution in [2.45, 2.75) is 0 Å². The minimum absolute atomic E-state index is 0.189. The Morgan fingerprint density at radius 1 is 0.793 bits per heavy atom. The molecule has 0 spiro atoms. The van der Waals surface area contributed by atoms with Crippen LogP contribution in [0.25, 0.3) is 5.31 Å². The minimum atomic E-state index is -3.49. The summed E-state index contributed by atoms with van der Waals surface area (Å²) in [6, 6.07) is 23.5. The number of hydrogen-bond donors (Lipinski definition) is 0. The van der Waals surface area contributed by atoms with E-state index in [4.69, 9.17) is 0 Å². The SMILES string of the molecule is O=C(/C=C(\c1ccccc1)P(=O)(c1ccccn1)c1ccccn1)c1cccs1. The Morgan fingerprint density at radius 2 is 1.41 bits per heavy atom. The summed E-state index contributed by atoms with van der Waals surface area (Å²) in [7, 11) is -3.49. The fourth-order valence-corrected chi connectivity index (χ4v) is 6.25. The number of thiophene rings is 1. The number of hydrogen-bond acceptors (Lipinski definition) is 5. The minimum Gasteiger partial charge on any atom is -0.305 e. The highest BCUT2D eigenvalue weighted by Gasteiger charge is 2.36. The van der Waals surface area contributed by atoms with Gasteiger partial charge in [-0.1, -0.05) is 48.5 Å². The first-order valence-corrected chi connectivity index (χ1v) is 11.6. The zero-order valence-electron chi connectivity index (χ0n) is 15.4. The molecule has 0 amide bonds. The molecule has 142 valence electrons. The van der Waals surface area contributed by atoms with Crippen molar-refractivity contribution < 1.29 is 9.36 Å². The number of pyridine rings is 2. The highest BCUT2D eigenvalue weighted by atomic mass is 32.1. The molecule has 3 heterocycles. The van der Waals surface area contributed by atoms with E-state index >= 15 is 0 Å². The van der Waals surface area contributed by atoms with Crippen molar-refractivity contribution in [1.29, 1.82) is 0 Å². The summed E-state index contributed by atoms with van der Waals surface area (Å²) >= 11 is 1.36. The van der Waals surface area contributed by atoms with Crippen LogP contribution in [0.1, 0.15) is 15.2 Å². The van der Waals surface area contributed by atoms with Gasteiger partial charge in [-0.2, -0.15) is 0 Å². The van der Waals surface area contributed by atoms with Crippen molar-refractivity contribution in [3.8, 4) is 0 Å². The standard InChI is InChI=1S/C23H17N2O2PS/c26-19(21-11-8-16-29-21)17-20(18-9-2-1-3-10-18)28(27,22-12-4-6-14-24-22)23-13-5-7-15-25-23/h1-17H/b20-17+. The average molecular weight is 416 g/mol. The summed E-state index contributed by atoms with van der Waals surface area (Å²) in [4.78, 5) is 22.3. The van der Waals surface area contributed by atoms with Crippen LogP contribution in [0.4, 0.5) is 0 Å². The maximum Gasteiger partial charge on any atom is 0.206 e. The van der Waals surface area contributed by atoms with Gasteiger partial charge in [-0.3, -0.25) is 14.8 Å². The van der Waals surface area contributed by atoms with Crippen LogP contribution < -0.4 is 10.9 Å². The third-order valence-corrected chi connectivity index (χ3v) is 8.15. The third-order valence-electron chi connectivity index (χ3n) is 4.38. The number of nitrogens with zero attached hydrogens (tertiary/aromatic N) is 2. The lowest BCUT2D eigenvalue weighted by Crippen LogP contribution is -2.22. The van der Waals surface area contributed by atoms with E-state index in [2.05, 4.69) is 9.97 Å². The van der Waals surface area contributed by atoms with E-state index in [1.54, 1.807) is 54.9 Å². The summed E-state index contributed by atoms with van der Waals surface area (Å²) in [5.41, 5.74) is 1.50. The quantitative estimate of drug-likeness (QED) is 0.258. The van der Waals surface area contributed by atoms with Crippen molar-refractivity contribution in [3.05, 3.63) is 113 Å². The first-order chi connectivity index (χ1) is 14.2.